The molecule has 98 valence electrons. The molecular formula is C14H25NO2. The Kier molecular flexibility index (Phi) is 4.78. The van der Waals surface area contributed by atoms with Crippen molar-refractivity contribution in [3.8, 4) is 0 Å². The molecule has 0 amide bonds. The third-order valence-electron chi connectivity index (χ3n) is 3.22. The molecule has 2 atom stereocenters. The van der Waals surface area contributed by atoms with Crippen LogP contribution < -0.4 is 5.32 Å². The molecule has 3 nitrogen and oxygen atoms in total. The lowest BCUT2D eigenvalue weighted by atomic mass is 9.98. The lowest BCUT2D eigenvalue weighted by Gasteiger charge is -2.27. The average molecular weight is 239 g/mol. The van der Waals surface area contributed by atoms with Crippen molar-refractivity contribution in [2.24, 2.45) is 5.92 Å². The highest BCUT2D eigenvalue weighted by Gasteiger charge is 2.27. The minimum absolute atomic E-state index is 0.428. The summed E-state index contributed by atoms with van der Waals surface area (Å²) in [5.74, 6) is 2.02. The Morgan fingerprint density at radius 2 is 2.06 bits per heavy atom. The molecule has 3 heteroatoms. The van der Waals surface area contributed by atoms with Gasteiger partial charge in [-0.3, -0.25) is 0 Å². The van der Waals surface area contributed by atoms with Gasteiger partial charge in [0.05, 0.1) is 0 Å². The van der Waals surface area contributed by atoms with E-state index in [1.165, 1.54) is 0 Å². The molecule has 2 unspecified atom stereocenters. The number of furan rings is 1. The Balaban J connectivity index is 2.61. The lowest BCUT2D eigenvalue weighted by molar-refractivity contribution is 0.0291. The van der Waals surface area contributed by atoms with Crippen molar-refractivity contribution in [3.63, 3.8) is 0 Å². The topological polar surface area (TPSA) is 45.4 Å². The lowest BCUT2D eigenvalue weighted by Crippen LogP contribution is -2.42. The summed E-state index contributed by atoms with van der Waals surface area (Å²) in [5, 5.41) is 13.8. The zero-order chi connectivity index (χ0) is 13.1. The molecule has 1 heterocycles. The van der Waals surface area contributed by atoms with E-state index in [9.17, 15) is 5.11 Å². The summed E-state index contributed by atoms with van der Waals surface area (Å²) < 4.78 is 5.48. The van der Waals surface area contributed by atoms with Gasteiger partial charge < -0.3 is 14.8 Å². The molecule has 0 aliphatic rings. The van der Waals surface area contributed by atoms with Gasteiger partial charge in [-0.15, -0.1) is 0 Å². The summed E-state index contributed by atoms with van der Waals surface area (Å²) in [6.45, 7) is 10.7. The summed E-state index contributed by atoms with van der Waals surface area (Å²) in [6.07, 6.45) is 1.06. The van der Waals surface area contributed by atoms with Crippen molar-refractivity contribution in [2.75, 3.05) is 6.54 Å². The van der Waals surface area contributed by atoms with Crippen LogP contribution in [-0.4, -0.2) is 17.7 Å². The molecule has 0 bridgehead atoms. The van der Waals surface area contributed by atoms with Crippen LogP contribution in [0, 0.1) is 12.8 Å². The first-order valence-corrected chi connectivity index (χ1v) is 6.39. The van der Waals surface area contributed by atoms with Crippen LogP contribution in [0.4, 0.5) is 0 Å². The first-order valence-electron chi connectivity index (χ1n) is 6.39. The molecule has 0 aliphatic carbocycles. The Morgan fingerprint density at radius 3 is 2.47 bits per heavy atom. The zero-order valence-electron chi connectivity index (χ0n) is 11.6. The maximum Gasteiger partial charge on any atom is 0.136 e. The zero-order valence-corrected chi connectivity index (χ0v) is 11.6. The molecule has 2 N–H and O–H groups in total. The Bertz CT molecular complexity index is 342. The van der Waals surface area contributed by atoms with Crippen LogP contribution in [0.2, 0.25) is 0 Å². The number of hydrogen-bond donors (Lipinski definition) is 2. The van der Waals surface area contributed by atoms with Crippen molar-refractivity contribution in [1.29, 1.82) is 0 Å². The standard InChI is InChI=1S/C14H25NO2/c1-6-12(10(2)3)15-9-14(5,16)13-8-7-11(4)17-13/h7-8,10,12,15-16H,6,9H2,1-5H3. The van der Waals surface area contributed by atoms with Crippen LogP contribution in [0.5, 0.6) is 0 Å². The van der Waals surface area contributed by atoms with Crippen molar-refractivity contribution in [3.05, 3.63) is 23.7 Å². The second-order valence-electron chi connectivity index (χ2n) is 5.32. The van der Waals surface area contributed by atoms with Gasteiger partial charge in [0, 0.05) is 12.6 Å². The van der Waals surface area contributed by atoms with Crippen molar-refractivity contribution in [1.82, 2.24) is 5.32 Å². The van der Waals surface area contributed by atoms with E-state index in [1.807, 2.05) is 19.1 Å². The van der Waals surface area contributed by atoms with E-state index in [0.29, 0.717) is 24.3 Å². The van der Waals surface area contributed by atoms with Crippen molar-refractivity contribution < 1.29 is 9.52 Å². The maximum atomic E-state index is 10.4. The van der Waals surface area contributed by atoms with Crippen LogP contribution in [0.3, 0.4) is 0 Å². The number of aliphatic hydroxyl groups is 1. The average Bonchev–Trinajstić information content (AvgIpc) is 2.66. The molecule has 0 saturated heterocycles. The van der Waals surface area contributed by atoms with Gasteiger partial charge in [-0.2, -0.15) is 0 Å². The minimum atomic E-state index is -0.948. The smallest absolute Gasteiger partial charge is 0.136 e. The van der Waals surface area contributed by atoms with Crippen molar-refractivity contribution >= 4 is 0 Å². The minimum Gasteiger partial charge on any atom is -0.463 e. The van der Waals surface area contributed by atoms with E-state index < -0.39 is 5.60 Å². The molecule has 0 spiro atoms. The summed E-state index contributed by atoms with van der Waals surface area (Å²) in [7, 11) is 0. The number of nitrogens with one attached hydrogen (secondary N) is 1. The maximum absolute atomic E-state index is 10.4. The van der Waals surface area contributed by atoms with Crippen LogP contribution >= 0.6 is 0 Å². The monoisotopic (exact) mass is 239 g/mol. The second kappa shape index (κ2) is 5.69. The molecule has 1 aromatic rings. The summed E-state index contributed by atoms with van der Waals surface area (Å²) in [4.78, 5) is 0. The molecule has 0 aromatic carbocycles. The summed E-state index contributed by atoms with van der Waals surface area (Å²) in [6, 6.07) is 4.15. The third kappa shape index (κ3) is 3.86. The SMILES string of the molecule is CCC(NCC(C)(O)c1ccc(C)o1)C(C)C. The van der Waals surface area contributed by atoms with E-state index in [-0.39, 0.29) is 0 Å². The van der Waals surface area contributed by atoms with Gasteiger partial charge in [0.2, 0.25) is 0 Å². The van der Waals surface area contributed by atoms with Gasteiger partial charge in [0.25, 0.3) is 0 Å². The van der Waals surface area contributed by atoms with Gasteiger partial charge in [0.15, 0.2) is 0 Å². The van der Waals surface area contributed by atoms with E-state index in [4.69, 9.17) is 4.42 Å². The van der Waals surface area contributed by atoms with E-state index in [1.54, 1.807) is 6.92 Å². The predicted molar refractivity (Wildman–Crippen MR) is 69.9 cm³/mol. The highest BCUT2D eigenvalue weighted by Crippen LogP contribution is 2.22. The Labute approximate surface area is 104 Å². The summed E-state index contributed by atoms with van der Waals surface area (Å²) in [5.41, 5.74) is -0.948. The number of aryl methyl sites for hydroxylation is 1. The molecule has 0 fully saturated rings. The summed E-state index contributed by atoms with van der Waals surface area (Å²) >= 11 is 0. The van der Waals surface area contributed by atoms with Gasteiger partial charge in [0.1, 0.15) is 17.1 Å². The van der Waals surface area contributed by atoms with Gasteiger partial charge in [-0.25, -0.2) is 0 Å². The number of rotatable bonds is 6. The van der Waals surface area contributed by atoms with Crippen LogP contribution in [-0.2, 0) is 5.60 Å². The fraction of sp³-hybridized carbons (Fsp3) is 0.714. The highest BCUT2D eigenvalue weighted by molar-refractivity contribution is 5.12. The molecule has 0 aliphatic heterocycles. The fourth-order valence-electron chi connectivity index (χ4n) is 1.99. The molecule has 1 aromatic heterocycles. The quantitative estimate of drug-likeness (QED) is 0.802. The van der Waals surface area contributed by atoms with E-state index in [2.05, 4.69) is 26.1 Å². The van der Waals surface area contributed by atoms with Crippen LogP contribution in [0.1, 0.15) is 45.6 Å². The van der Waals surface area contributed by atoms with E-state index >= 15 is 0 Å². The first kappa shape index (κ1) is 14.3. The van der Waals surface area contributed by atoms with Gasteiger partial charge >= 0.3 is 0 Å². The predicted octanol–water partition coefficient (Wildman–Crippen LogP) is 2.82. The third-order valence-corrected chi connectivity index (χ3v) is 3.22. The molecule has 0 radical (unpaired) electrons. The fourth-order valence-corrected chi connectivity index (χ4v) is 1.99. The van der Waals surface area contributed by atoms with Crippen LogP contribution in [0.15, 0.2) is 16.5 Å². The normalized spacial score (nSPS) is 17.1. The van der Waals surface area contributed by atoms with Crippen LogP contribution in [0.25, 0.3) is 0 Å². The molecular weight excluding hydrogens is 214 g/mol. The van der Waals surface area contributed by atoms with Gasteiger partial charge in [-0.1, -0.05) is 20.8 Å². The second-order valence-corrected chi connectivity index (χ2v) is 5.32. The molecule has 1 rings (SSSR count). The number of hydrogen-bond acceptors (Lipinski definition) is 3. The largest absolute Gasteiger partial charge is 0.463 e. The first-order chi connectivity index (χ1) is 7.86. The van der Waals surface area contributed by atoms with E-state index in [0.717, 1.165) is 12.2 Å². The Hall–Kier alpha value is -0.800. The molecule has 0 saturated carbocycles. The van der Waals surface area contributed by atoms with Gasteiger partial charge in [-0.05, 0) is 38.3 Å². The highest BCUT2D eigenvalue weighted by atomic mass is 16.4. The Morgan fingerprint density at radius 1 is 1.41 bits per heavy atom. The van der Waals surface area contributed by atoms with Crippen molar-refractivity contribution in [2.45, 2.75) is 52.7 Å². The molecule has 17 heavy (non-hydrogen) atoms.